The highest BCUT2D eigenvalue weighted by Crippen LogP contribution is 2.63. The molecule has 1 unspecified atom stereocenters. The van der Waals surface area contributed by atoms with Crippen molar-refractivity contribution in [3.8, 4) is 44.9 Å². The lowest BCUT2D eigenvalue weighted by molar-refractivity contribution is 0.436. The summed E-state index contributed by atoms with van der Waals surface area (Å²) in [7, 11) is 0. The number of hydrogen-bond donors (Lipinski definition) is 0. The van der Waals surface area contributed by atoms with E-state index in [9.17, 15) is 0 Å². The molecule has 0 radical (unpaired) electrons. The van der Waals surface area contributed by atoms with Gasteiger partial charge in [0, 0.05) is 33.6 Å². The van der Waals surface area contributed by atoms with Gasteiger partial charge >= 0.3 is 0 Å². The molecule has 0 saturated carbocycles. The lowest BCUT2D eigenvalue weighted by Crippen LogP contribution is -2.32. The molecule has 1 spiro atoms. The van der Waals surface area contributed by atoms with E-state index >= 15 is 0 Å². The third kappa shape index (κ3) is 5.01. The van der Waals surface area contributed by atoms with Crippen LogP contribution in [0.25, 0.3) is 39.0 Å². The van der Waals surface area contributed by atoms with Crippen LogP contribution < -0.4 is 9.64 Å². The number of para-hydroxylation sites is 1. The molecular weight excluding hydrogens is 727 g/mol. The summed E-state index contributed by atoms with van der Waals surface area (Å²) < 4.78 is 6.86. The maximum atomic E-state index is 6.86. The molecule has 3 aliphatic carbocycles. The number of fused-ring (bicyclic) bond motifs is 12. The highest BCUT2D eigenvalue weighted by molar-refractivity contribution is 5.93. The van der Waals surface area contributed by atoms with Gasteiger partial charge in [-0.05, 0) is 128 Å². The van der Waals surface area contributed by atoms with Gasteiger partial charge in [-0.1, -0.05) is 166 Å². The predicted molar refractivity (Wildman–Crippen MR) is 248 cm³/mol. The zero-order valence-electron chi connectivity index (χ0n) is 33.8. The molecule has 0 fully saturated rings. The zero-order valence-corrected chi connectivity index (χ0v) is 33.8. The number of rotatable bonds is 5. The SMILES string of the molecule is CC1(C)c2ccccc2-c2ccc(N(c3ccc(-c4ccccc4)cc3)c3ccc4c(c3)-c3ccccc3C43c4ccccc4Oc4cc(C5=CCCC=C5)ccc43)cc21. The number of nitrogens with zero attached hydrogens (tertiary/aromatic N) is 1. The molecule has 1 heterocycles. The summed E-state index contributed by atoms with van der Waals surface area (Å²) in [5.41, 5.74) is 20.4. The Balaban J connectivity index is 1.06. The van der Waals surface area contributed by atoms with Crippen molar-refractivity contribution in [2.75, 3.05) is 4.90 Å². The Morgan fingerprint density at radius 1 is 0.417 bits per heavy atom. The lowest BCUT2D eigenvalue weighted by atomic mass is 9.66. The fourth-order valence-electron chi connectivity index (χ4n) is 10.8. The van der Waals surface area contributed by atoms with Gasteiger partial charge in [0.15, 0.2) is 0 Å². The maximum absolute atomic E-state index is 6.86. The van der Waals surface area contributed by atoms with Gasteiger partial charge in [0.05, 0.1) is 5.41 Å². The van der Waals surface area contributed by atoms with E-state index in [0.717, 1.165) is 41.4 Å². The number of allylic oxidation sites excluding steroid dienone is 4. The second-order valence-corrected chi connectivity index (χ2v) is 17.1. The first-order valence-electron chi connectivity index (χ1n) is 21.2. The molecule has 2 heteroatoms. The Bertz CT molecular complexity index is 3090. The summed E-state index contributed by atoms with van der Waals surface area (Å²) in [4.78, 5) is 2.45. The second-order valence-electron chi connectivity index (χ2n) is 17.1. The summed E-state index contributed by atoms with van der Waals surface area (Å²) >= 11 is 0. The summed E-state index contributed by atoms with van der Waals surface area (Å²) in [5.74, 6) is 1.82. The van der Waals surface area contributed by atoms with Crippen molar-refractivity contribution in [1.29, 1.82) is 0 Å². The first kappa shape index (κ1) is 34.8. The van der Waals surface area contributed by atoms with Crippen molar-refractivity contribution in [1.82, 2.24) is 0 Å². The number of anilines is 3. The molecule has 0 N–H and O–H groups in total. The first-order valence-corrected chi connectivity index (χ1v) is 21.2. The van der Waals surface area contributed by atoms with Gasteiger partial charge in [-0.3, -0.25) is 0 Å². The monoisotopic (exact) mass is 769 g/mol. The molecule has 8 aromatic rings. The van der Waals surface area contributed by atoms with E-state index in [-0.39, 0.29) is 5.41 Å². The van der Waals surface area contributed by atoms with Crippen LogP contribution in [0.15, 0.2) is 200 Å². The van der Waals surface area contributed by atoms with E-state index in [0.29, 0.717) is 0 Å². The summed E-state index contributed by atoms with van der Waals surface area (Å²) in [6.07, 6.45) is 9.02. The normalized spacial score (nSPS) is 17.1. The van der Waals surface area contributed by atoms with Crippen LogP contribution in [0.5, 0.6) is 11.5 Å². The van der Waals surface area contributed by atoms with Crippen molar-refractivity contribution >= 4 is 22.6 Å². The lowest BCUT2D eigenvalue weighted by Gasteiger charge is -2.39. The van der Waals surface area contributed by atoms with Gasteiger partial charge in [0.1, 0.15) is 11.5 Å². The predicted octanol–water partition coefficient (Wildman–Crippen LogP) is 15.3. The summed E-state index contributed by atoms with van der Waals surface area (Å²) in [6, 6.07) is 67.4. The summed E-state index contributed by atoms with van der Waals surface area (Å²) in [5, 5.41) is 0. The Morgan fingerprint density at radius 2 is 1.00 bits per heavy atom. The van der Waals surface area contributed by atoms with E-state index in [1.54, 1.807) is 0 Å². The highest BCUT2D eigenvalue weighted by atomic mass is 16.5. The van der Waals surface area contributed by atoms with Gasteiger partial charge < -0.3 is 9.64 Å². The molecule has 4 aliphatic rings. The van der Waals surface area contributed by atoms with Gasteiger partial charge in [-0.25, -0.2) is 0 Å². The third-order valence-corrected chi connectivity index (χ3v) is 13.6. The van der Waals surface area contributed by atoms with Crippen LogP contribution in [0.3, 0.4) is 0 Å². The Hall–Kier alpha value is -7.16. The molecule has 286 valence electrons. The van der Waals surface area contributed by atoms with Crippen molar-refractivity contribution in [2.45, 2.75) is 37.5 Å². The van der Waals surface area contributed by atoms with Crippen LogP contribution in [0.2, 0.25) is 0 Å². The van der Waals surface area contributed by atoms with Gasteiger partial charge in [0.25, 0.3) is 0 Å². The van der Waals surface area contributed by atoms with Crippen molar-refractivity contribution < 1.29 is 4.74 Å². The van der Waals surface area contributed by atoms with E-state index in [2.05, 4.69) is 219 Å². The van der Waals surface area contributed by atoms with Crippen LogP contribution in [0.4, 0.5) is 17.1 Å². The Kier molecular flexibility index (Phi) is 7.65. The minimum absolute atomic E-state index is 0.123. The third-order valence-electron chi connectivity index (χ3n) is 13.6. The van der Waals surface area contributed by atoms with Gasteiger partial charge in [0.2, 0.25) is 0 Å². The van der Waals surface area contributed by atoms with Crippen molar-refractivity contribution in [3.05, 3.63) is 239 Å². The average Bonchev–Trinajstić information content (AvgIpc) is 3.72. The molecule has 60 heavy (non-hydrogen) atoms. The molecule has 0 aromatic heterocycles. The van der Waals surface area contributed by atoms with E-state index in [4.69, 9.17) is 4.74 Å². The minimum atomic E-state index is -0.546. The van der Waals surface area contributed by atoms with Crippen molar-refractivity contribution in [3.63, 3.8) is 0 Å². The quantitative estimate of drug-likeness (QED) is 0.173. The van der Waals surface area contributed by atoms with Crippen LogP contribution in [-0.4, -0.2) is 0 Å². The van der Waals surface area contributed by atoms with E-state index < -0.39 is 5.41 Å². The van der Waals surface area contributed by atoms with Crippen LogP contribution in [0.1, 0.15) is 65.6 Å². The molecule has 0 amide bonds. The molecule has 12 rings (SSSR count). The fourth-order valence-corrected chi connectivity index (χ4v) is 10.8. The maximum Gasteiger partial charge on any atom is 0.132 e. The van der Waals surface area contributed by atoms with E-state index in [1.807, 2.05) is 0 Å². The van der Waals surface area contributed by atoms with Crippen LogP contribution in [-0.2, 0) is 10.8 Å². The zero-order chi connectivity index (χ0) is 40.0. The topological polar surface area (TPSA) is 12.5 Å². The largest absolute Gasteiger partial charge is 0.457 e. The van der Waals surface area contributed by atoms with Gasteiger partial charge in [-0.2, -0.15) is 0 Å². The summed E-state index contributed by atoms with van der Waals surface area (Å²) in [6.45, 7) is 4.73. The molecular formula is C58H43NO. The smallest absolute Gasteiger partial charge is 0.132 e. The number of hydrogen-bond acceptors (Lipinski definition) is 2. The van der Waals surface area contributed by atoms with Crippen LogP contribution in [0, 0.1) is 0 Å². The molecule has 8 aromatic carbocycles. The highest BCUT2D eigenvalue weighted by Gasteiger charge is 2.51. The molecule has 1 aliphatic heterocycles. The fraction of sp³-hybridized carbons (Fsp3) is 0.103. The number of benzene rings is 8. The number of ether oxygens (including phenoxy) is 1. The average molecular weight is 770 g/mol. The standard InChI is InChI=1S/C58H43NO/c1-57(2)49-21-11-9-19-45(49)47-32-30-44(37-54(47)57)59(42-28-25-40(26-29-42)38-15-5-3-6-16-38)43-31-34-51-48(36-43)46-20-10-12-22-50(46)58(51)52-23-13-14-24-55(52)60-56-35-41(27-33-53(56)58)39-17-7-4-8-18-39/h3,5-7,9-37H,4,8H2,1-2H3. The molecule has 2 nitrogen and oxygen atoms in total. The second kappa shape index (κ2) is 13.2. The van der Waals surface area contributed by atoms with E-state index in [1.165, 1.54) is 77.9 Å². The molecule has 0 saturated heterocycles. The van der Waals surface area contributed by atoms with Crippen LogP contribution >= 0.6 is 0 Å². The Morgan fingerprint density at radius 3 is 1.80 bits per heavy atom. The van der Waals surface area contributed by atoms with Crippen molar-refractivity contribution in [2.24, 2.45) is 0 Å². The minimum Gasteiger partial charge on any atom is -0.457 e. The molecule has 1 atom stereocenters. The first-order chi connectivity index (χ1) is 29.5. The Labute approximate surface area is 352 Å². The van der Waals surface area contributed by atoms with Gasteiger partial charge in [-0.15, -0.1) is 0 Å². The molecule has 0 bridgehead atoms.